The zero-order valence-corrected chi connectivity index (χ0v) is 11.8. The van der Waals surface area contributed by atoms with Crippen LogP contribution in [0.25, 0.3) is 0 Å². The second-order valence-corrected chi connectivity index (χ2v) is 5.64. The molecule has 1 aromatic rings. The lowest BCUT2D eigenvalue weighted by molar-refractivity contribution is 0.165. The Balaban J connectivity index is 1.49. The minimum atomic E-state index is 0.0349. The number of ether oxygens (including phenoxy) is 1. The van der Waals surface area contributed by atoms with Gasteiger partial charge in [0.05, 0.1) is 18.3 Å². The Morgan fingerprint density at radius 3 is 2.80 bits per heavy atom. The van der Waals surface area contributed by atoms with Crippen LogP contribution in [-0.4, -0.2) is 48.4 Å². The molecule has 110 valence electrons. The number of carbonyl (C=O) groups is 1. The van der Waals surface area contributed by atoms with Crippen molar-refractivity contribution in [1.29, 1.82) is 0 Å². The fourth-order valence-electron chi connectivity index (χ4n) is 2.86. The van der Waals surface area contributed by atoms with Crippen LogP contribution in [-0.2, 0) is 4.74 Å². The molecule has 0 bridgehead atoms. The van der Waals surface area contributed by atoms with Gasteiger partial charge < -0.3 is 19.5 Å². The normalized spacial score (nSPS) is 24.1. The lowest BCUT2D eigenvalue weighted by atomic mass is 9.94. The number of amides is 2. The van der Waals surface area contributed by atoms with E-state index < -0.39 is 0 Å². The quantitative estimate of drug-likeness (QED) is 0.894. The molecule has 2 aliphatic heterocycles. The van der Waals surface area contributed by atoms with E-state index in [-0.39, 0.29) is 12.1 Å². The highest BCUT2D eigenvalue weighted by atomic mass is 16.5. The summed E-state index contributed by atoms with van der Waals surface area (Å²) >= 11 is 0. The fourth-order valence-corrected chi connectivity index (χ4v) is 2.86. The van der Waals surface area contributed by atoms with Crippen LogP contribution in [0.5, 0.6) is 0 Å². The molecule has 2 aliphatic rings. The van der Waals surface area contributed by atoms with Gasteiger partial charge in [-0.1, -0.05) is 5.16 Å². The van der Waals surface area contributed by atoms with E-state index in [1.807, 2.05) is 17.9 Å². The largest absolute Gasteiger partial charge is 0.379 e. The summed E-state index contributed by atoms with van der Waals surface area (Å²) in [6.07, 6.45) is 2.78. The number of likely N-dealkylation sites (tertiary alicyclic amines) is 1. The van der Waals surface area contributed by atoms with Gasteiger partial charge in [0, 0.05) is 31.7 Å². The lowest BCUT2D eigenvalue weighted by Crippen LogP contribution is -2.47. The molecule has 1 atom stereocenters. The van der Waals surface area contributed by atoms with Gasteiger partial charge in [-0.15, -0.1) is 0 Å². The van der Waals surface area contributed by atoms with E-state index in [0.717, 1.165) is 50.4 Å². The number of carbonyl (C=O) groups excluding carboxylic acids is 1. The molecular weight excluding hydrogens is 258 g/mol. The predicted octanol–water partition coefficient (Wildman–Crippen LogP) is 1.66. The van der Waals surface area contributed by atoms with Crippen molar-refractivity contribution in [2.24, 2.45) is 0 Å². The predicted molar refractivity (Wildman–Crippen MR) is 72.5 cm³/mol. The Hall–Kier alpha value is -1.56. The van der Waals surface area contributed by atoms with Gasteiger partial charge in [0.25, 0.3) is 0 Å². The summed E-state index contributed by atoms with van der Waals surface area (Å²) in [7, 11) is 0. The van der Waals surface area contributed by atoms with E-state index in [1.165, 1.54) is 0 Å². The van der Waals surface area contributed by atoms with E-state index in [4.69, 9.17) is 9.26 Å². The van der Waals surface area contributed by atoms with Crippen LogP contribution < -0.4 is 5.32 Å². The smallest absolute Gasteiger partial charge is 0.317 e. The van der Waals surface area contributed by atoms with E-state index in [0.29, 0.717) is 12.5 Å². The summed E-state index contributed by atoms with van der Waals surface area (Å²) in [6, 6.07) is 2.21. The number of hydrogen-bond acceptors (Lipinski definition) is 4. The maximum absolute atomic E-state index is 12.1. The van der Waals surface area contributed by atoms with Crippen LogP contribution in [0.2, 0.25) is 0 Å². The first-order chi connectivity index (χ1) is 9.72. The van der Waals surface area contributed by atoms with Crippen LogP contribution in [0.4, 0.5) is 4.79 Å². The van der Waals surface area contributed by atoms with Gasteiger partial charge >= 0.3 is 6.03 Å². The third-order valence-corrected chi connectivity index (χ3v) is 4.09. The maximum atomic E-state index is 12.1. The van der Waals surface area contributed by atoms with Crippen molar-refractivity contribution in [3.8, 4) is 0 Å². The Kier molecular flexibility index (Phi) is 3.91. The molecule has 1 N–H and O–H groups in total. The molecule has 0 radical (unpaired) electrons. The standard InChI is InChI=1S/C14H21N3O3/c1-10-8-13(20-16-10)11-2-5-17(6-3-11)14(18)15-12-4-7-19-9-12/h8,11-12H,2-7,9H2,1H3,(H,15,18). The van der Waals surface area contributed by atoms with Crippen molar-refractivity contribution in [3.63, 3.8) is 0 Å². The summed E-state index contributed by atoms with van der Waals surface area (Å²) in [5.74, 6) is 1.34. The summed E-state index contributed by atoms with van der Waals surface area (Å²) in [5, 5.41) is 6.97. The summed E-state index contributed by atoms with van der Waals surface area (Å²) in [6.45, 7) is 4.85. The second kappa shape index (κ2) is 5.83. The molecule has 2 amide bonds. The molecule has 0 saturated carbocycles. The number of nitrogens with zero attached hydrogens (tertiary/aromatic N) is 2. The molecule has 2 saturated heterocycles. The molecule has 0 aromatic carbocycles. The number of aryl methyl sites for hydroxylation is 1. The topological polar surface area (TPSA) is 67.6 Å². The first kappa shape index (κ1) is 13.4. The maximum Gasteiger partial charge on any atom is 0.317 e. The number of nitrogens with one attached hydrogen (secondary N) is 1. The van der Waals surface area contributed by atoms with Gasteiger partial charge in [-0.3, -0.25) is 0 Å². The Morgan fingerprint density at radius 1 is 1.40 bits per heavy atom. The van der Waals surface area contributed by atoms with Crippen molar-refractivity contribution < 1.29 is 14.1 Å². The molecule has 0 aliphatic carbocycles. The number of piperidine rings is 1. The SMILES string of the molecule is Cc1cc(C2CCN(C(=O)NC3CCOC3)CC2)on1. The molecule has 20 heavy (non-hydrogen) atoms. The Labute approximate surface area is 118 Å². The Bertz CT molecular complexity index is 460. The van der Waals surface area contributed by atoms with E-state index in [1.54, 1.807) is 0 Å². The van der Waals surface area contributed by atoms with E-state index >= 15 is 0 Å². The number of aromatic nitrogens is 1. The van der Waals surface area contributed by atoms with Crippen LogP contribution in [0.1, 0.15) is 36.6 Å². The van der Waals surface area contributed by atoms with Gasteiger partial charge in [-0.05, 0) is 26.2 Å². The lowest BCUT2D eigenvalue weighted by Gasteiger charge is -2.31. The van der Waals surface area contributed by atoms with Crippen LogP contribution in [0.3, 0.4) is 0 Å². The van der Waals surface area contributed by atoms with Crippen molar-refractivity contribution in [2.75, 3.05) is 26.3 Å². The molecular formula is C14H21N3O3. The summed E-state index contributed by atoms with van der Waals surface area (Å²) < 4.78 is 10.6. The third kappa shape index (κ3) is 2.95. The monoisotopic (exact) mass is 279 g/mol. The highest BCUT2D eigenvalue weighted by molar-refractivity contribution is 5.74. The first-order valence-corrected chi connectivity index (χ1v) is 7.29. The summed E-state index contributed by atoms with van der Waals surface area (Å²) in [5.41, 5.74) is 0.918. The van der Waals surface area contributed by atoms with Gasteiger partial charge in [-0.25, -0.2) is 4.79 Å². The third-order valence-electron chi connectivity index (χ3n) is 4.09. The van der Waals surface area contributed by atoms with E-state index in [9.17, 15) is 4.79 Å². The van der Waals surface area contributed by atoms with E-state index in [2.05, 4.69) is 10.5 Å². The molecule has 3 heterocycles. The zero-order chi connectivity index (χ0) is 13.9. The number of rotatable bonds is 2. The minimum absolute atomic E-state index is 0.0349. The molecule has 2 fully saturated rings. The van der Waals surface area contributed by atoms with Gasteiger partial charge in [0.1, 0.15) is 5.76 Å². The van der Waals surface area contributed by atoms with Gasteiger partial charge in [-0.2, -0.15) is 0 Å². The second-order valence-electron chi connectivity index (χ2n) is 5.64. The molecule has 1 unspecified atom stereocenters. The van der Waals surface area contributed by atoms with Crippen LogP contribution >= 0.6 is 0 Å². The average molecular weight is 279 g/mol. The molecule has 1 aromatic heterocycles. The number of hydrogen-bond donors (Lipinski definition) is 1. The highest BCUT2D eigenvalue weighted by Gasteiger charge is 2.27. The zero-order valence-electron chi connectivity index (χ0n) is 11.8. The highest BCUT2D eigenvalue weighted by Crippen LogP contribution is 2.28. The summed E-state index contributed by atoms with van der Waals surface area (Å²) in [4.78, 5) is 14.0. The molecule has 6 heteroatoms. The first-order valence-electron chi connectivity index (χ1n) is 7.29. The van der Waals surface area contributed by atoms with Crippen molar-refractivity contribution in [3.05, 3.63) is 17.5 Å². The number of urea groups is 1. The van der Waals surface area contributed by atoms with Crippen molar-refractivity contribution in [1.82, 2.24) is 15.4 Å². The average Bonchev–Trinajstić information content (AvgIpc) is 3.10. The Morgan fingerprint density at radius 2 is 2.20 bits per heavy atom. The van der Waals surface area contributed by atoms with Crippen LogP contribution in [0.15, 0.2) is 10.6 Å². The van der Waals surface area contributed by atoms with Gasteiger partial charge in [0.15, 0.2) is 0 Å². The molecule has 6 nitrogen and oxygen atoms in total. The molecule has 0 spiro atoms. The van der Waals surface area contributed by atoms with Crippen LogP contribution in [0, 0.1) is 6.92 Å². The van der Waals surface area contributed by atoms with Crippen molar-refractivity contribution in [2.45, 2.75) is 38.1 Å². The molecule has 3 rings (SSSR count). The minimum Gasteiger partial charge on any atom is -0.379 e. The van der Waals surface area contributed by atoms with Crippen molar-refractivity contribution >= 4 is 6.03 Å². The van der Waals surface area contributed by atoms with Gasteiger partial charge in [0.2, 0.25) is 0 Å². The fraction of sp³-hybridized carbons (Fsp3) is 0.714.